The molecule has 0 unspecified atom stereocenters. The van der Waals surface area contributed by atoms with Gasteiger partial charge in [0, 0.05) is 51.4 Å². The SMILES string of the molecule is Cc1ccc(S(=O)(=O)N2CCN(Cc3ccc(C(=O)N4CCC(Cc5ccccc5)CC4)cc3)CC2)cc1. The van der Waals surface area contributed by atoms with Gasteiger partial charge in [-0.05, 0) is 67.5 Å². The highest BCUT2D eigenvalue weighted by molar-refractivity contribution is 7.89. The first-order valence-electron chi connectivity index (χ1n) is 13.6. The van der Waals surface area contributed by atoms with E-state index in [1.807, 2.05) is 48.2 Å². The molecule has 0 spiro atoms. The number of sulfonamides is 1. The molecular weight excluding hydrogens is 494 g/mol. The number of hydrogen-bond donors (Lipinski definition) is 0. The quantitative estimate of drug-likeness (QED) is 0.447. The van der Waals surface area contributed by atoms with Crippen LogP contribution in [0.2, 0.25) is 0 Å². The van der Waals surface area contributed by atoms with Crippen molar-refractivity contribution >= 4 is 15.9 Å². The molecule has 1 amide bonds. The van der Waals surface area contributed by atoms with Gasteiger partial charge in [0.15, 0.2) is 0 Å². The minimum absolute atomic E-state index is 0.115. The third-order valence-corrected chi connectivity index (χ3v) is 9.78. The van der Waals surface area contributed by atoms with Gasteiger partial charge in [0.05, 0.1) is 4.90 Å². The molecule has 2 aliphatic heterocycles. The Bertz CT molecular complexity index is 1310. The molecule has 0 radical (unpaired) electrons. The topological polar surface area (TPSA) is 60.9 Å². The minimum Gasteiger partial charge on any atom is -0.339 e. The molecule has 2 heterocycles. The lowest BCUT2D eigenvalue weighted by atomic mass is 9.90. The lowest BCUT2D eigenvalue weighted by Crippen LogP contribution is -2.48. The zero-order valence-electron chi connectivity index (χ0n) is 22.1. The highest BCUT2D eigenvalue weighted by Gasteiger charge is 2.28. The molecule has 0 saturated carbocycles. The van der Waals surface area contributed by atoms with Crippen LogP contribution < -0.4 is 0 Å². The van der Waals surface area contributed by atoms with Crippen LogP contribution in [0.3, 0.4) is 0 Å². The van der Waals surface area contributed by atoms with Crippen molar-refractivity contribution in [3.05, 3.63) is 101 Å². The molecule has 7 heteroatoms. The van der Waals surface area contributed by atoms with Crippen LogP contribution in [0.4, 0.5) is 0 Å². The molecule has 3 aromatic rings. The standard InChI is InChI=1S/C31H37N3O3S/c1-25-7-13-30(14-8-25)38(36,37)34-21-19-32(20-22-34)24-28-9-11-29(12-10-28)31(35)33-17-15-27(16-18-33)23-26-5-3-2-4-6-26/h2-14,27H,15-24H2,1H3. The van der Waals surface area contributed by atoms with E-state index in [4.69, 9.17) is 0 Å². The maximum atomic E-state index is 13.1. The van der Waals surface area contributed by atoms with Gasteiger partial charge in [-0.25, -0.2) is 8.42 Å². The van der Waals surface area contributed by atoms with Gasteiger partial charge in [0.2, 0.25) is 10.0 Å². The maximum absolute atomic E-state index is 13.1. The summed E-state index contributed by atoms with van der Waals surface area (Å²) in [6, 6.07) is 25.6. The second-order valence-electron chi connectivity index (χ2n) is 10.6. The average molecular weight is 532 g/mol. The molecule has 0 atom stereocenters. The van der Waals surface area contributed by atoms with Crippen molar-refractivity contribution in [3.63, 3.8) is 0 Å². The van der Waals surface area contributed by atoms with Gasteiger partial charge in [0.25, 0.3) is 5.91 Å². The van der Waals surface area contributed by atoms with E-state index in [9.17, 15) is 13.2 Å². The van der Waals surface area contributed by atoms with Crippen LogP contribution in [-0.4, -0.2) is 67.7 Å². The molecule has 3 aromatic carbocycles. The second-order valence-corrected chi connectivity index (χ2v) is 12.6. The van der Waals surface area contributed by atoms with E-state index in [1.54, 1.807) is 16.4 Å². The summed E-state index contributed by atoms with van der Waals surface area (Å²) in [7, 11) is -3.46. The molecule has 200 valence electrons. The van der Waals surface area contributed by atoms with E-state index in [0.29, 0.717) is 37.0 Å². The molecule has 6 nitrogen and oxygen atoms in total. The van der Waals surface area contributed by atoms with Crippen LogP contribution >= 0.6 is 0 Å². The van der Waals surface area contributed by atoms with Crippen molar-refractivity contribution in [2.45, 2.75) is 37.6 Å². The monoisotopic (exact) mass is 531 g/mol. The van der Waals surface area contributed by atoms with Crippen LogP contribution in [0.1, 0.15) is 39.9 Å². The Morgan fingerprint density at radius 3 is 2.03 bits per heavy atom. The minimum atomic E-state index is -3.46. The molecule has 2 saturated heterocycles. The zero-order chi connectivity index (χ0) is 26.5. The van der Waals surface area contributed by atoms with Gasteiger partial charge in [-0.3, -0.25) is 9.69 Å². The first kappa shape index (κ1) is 26.6. The van der Waals surface area contributed by atoms with E-state index in [-0.39, 0.29) is 5.91 Å². The highest BCUT2D eigenvalue weighted by Crippen LogP contribution is 2.23. The predicted octanol–water partition coefficient (Wildman–Crippen LogP) is 4.60. The lowest BCUT2D eigenvalue weighted by Gasteiger charge is -2.34. The summed E-state index contributed by atoms with van der Waals surface area (Å²) in [6.45, 7) is 6.65. The van der Waals surface area contributed by atoms with E-state index in [1.165, 1.54) is 5.56 Å². The van der Waals surface area contributed by atoms with Crippen LogP contribution in [0.25, 0.3) is 0 Å². The number of piperazine rings is 1. The summed E-state index contributed by atoms with van der Waals surface area (Å²) in [4.78, 5) is 17.7. The number of carbonyl (C=O) groups excluding carboxylic acids is 1. The number of likely N-dealkylation sites (tertiary alicyclic amines) is 1. The molecule has 0 aliphatic carbocycles. The van der Waals surface area contributed by atoms with Crippen molar-refractivity contribution in [1.29, 1.82) is 0 Å². The first-order chi connectivity index (χ1) is 18.4. The van der Waals surface area contributed by atoms with E-state index in [0.717, 1.165) is 55.6 Å². The number of hydrogen-bond acceptors (Lipinski definition) is 4. The Morgan fingerprint density at radius 1 is 0.763 bits per heavy atom. The van der Waals surface area contributed by atoms with Crippen molar-refractivity contribution in [2.75, 3.05) is 39.3 Å². The Labute approximate surface area is 226 Å². The van der Waals surface area contributed by atoms with Crippen LogP contribution in [0.5, 0.6) is 0 Å². The normalized spacial score (nSPS) is 18.0. The van der Waals surface area contributed by atoms with Gasteiger partial charge in [-0.15, -0.1) is 0 Å². The number of nitrogens with zero attached hydrogens (tertiary/aromatic N) is 3. The molecule has 0 aromatic heterocycles. The summed E-state index contributed by atoms with van der Waals surface area (Å²) in [5, 5.41) is 0. The Hall–Kier alpha value is -3.00. The Balaban J connectivity index is 1.09. The fourth-order valence-corrected chi connectivity index (χ4v) is 6.89. The fourth-order valence-electron chi connectivity index (χ4n) is 5.47. The summed E-state index contributed by atoms with van der Waals surface area (Å²) >= 11 is 0. The van der Waals surface area contributed by atoms with Crippen molar-refractivity contribution in [1.82, 2.24) is 14.1 Å². The molecule has 0 N–H and O–H groups in total. The largest absolute Gasteiger partial charge is 0.339 e. The summed E-state index contributed by atoms with van der Waals surface area (Å²) in [5.41, 5.74) is 4.30. The first-order valence-corrected chi connectivity index (χ1v) is 15.0. The van der Waals surface area contributed by atoms with E-state index >= 15 is 0 Å². The van der Waals surface area contributed by atoms with Crippen LogP contribution in [0.15, 0.2) is 83.8 Å². The lowest BCUT2D eigenvalue weighted by molar-refractivity contribution is 0.0690. The van der Waals surface area contributed by atoms with E-state index in [2.05, 4.69) is 35.2 Å². The average Bonchev–Trinajstić information content (AvgIpc) is 2.95. The number of rotatable bonds is 7. The summed E-state index contributed by atoms with van der Waals surface area (Å²) < 4.78 is 27.5. The number of carbonyl (C=O) groups is 1. The van der Waals surface area contributed by atoms with Crippen molar-refractivity contribution in [2.24, 2.45) is 5.92 Å². The second kappa shape index (κ2) is 11.8. The summed E-state index contributed by atoms with van der Waals surface area (Å²) in [5.74, 6) is 0.751. The van der Waals surface area contributed by atoms with Gasteiger partial charge in [-0.1, -0.05) is 60.2 Å². The van der Waals surface area contributed by atoms with Gasteiger partial charge >= 0.3 is 0 Å². The predicted molar refractivity (Wildman–Crippen MR) is 150 cm³/mol. The molecule has 2 fully saturated rings. The van der Waals surface area contributed by atoms with Crippen molar-refractivity contribution in [3.8, 4) is 0 Å². The number of benzene rings is 3. The third kappa shape index (κ3) is 6.34. The number of aryl methyl sites for hydroxylation is 1. The van der Waals surface area contributed by atoms with Gasteiger partial charge in [-0.2, -0.15) is 4.31 Å². The fraction of sp³-hybridized carbons (Fsp3) is 0.387. The van der Waals surface area contributed by atoms with Crippen molar-refractivity contribution < 1.29 is 13.2 Å². The number of amides is 1. The Morgan fingerprint density at radius 2 is 1.39 bits per heavy atom. The molecule has 38 heavy (non-hydrogen) atoms. The van der Waals surface area contributed by atoms with E-state index < -0.39 is 10.0 Å². The van der Waals surface area contributed by atoms with Crippen LogP contribution in [-0.2, 0) is 23.0 Å². The van der Waals surface area contributed by atoms with Gasteiger partial charge in [0.1, 0.15) is 0 Å². The summed E-state index contributed by atoms with van der Waals surface area (Å²) in [6.07, 6.45) is 3.18. The Kier molecular flexibility index (Phi) is 8.27. The van der Waals surface area contributed by atoms with Gasteiger partial charge < -0.3 is 4.90 Å². The highest BCUT2D eigenvalue weighted by atomic mass is 32.2. The smallest absolute Gasteiger partial charge is 0.253 e. The molecular formula is C31H37N3O3S. The zero-order valence-corrected chi connectivity index (χ0v) is 22.9. The molecule has 2 aliphatic rings. The molecule has 0 bridgehead atoms. The number of piperidine rings is 1. The molecule has 5 rings (SSSR count). The third-order valence-electron chi connectivity index (χ3n) is 7.87. The maximum Gasteiger partial charge on any atom is 0.253 e. The van der Waals surface area contributed by atoms with Crippen LogP contribution in [0, 0.1) is 12.8 Å².